The van der Waals surface area contributed by atoms with E-state index in [-0.39, 0.29) is 22.3 Å². The molecule has 28 heavy (non-hydrogen) atoms. The number of nitrogens with zero attached hydrogens (tertiary/aromatic N) is 4. The lowest BCUT2D eigenvalue weighted by Crippen LogP contribution is -2.19. The molecule has 1 aromatic carbocycles. The van der Waals surface area contributed by atoms with Crippen LogP contribution < -0.4 is 16.0 Å². The second-order valence-electron chi connectivity index (χ2n) is 5.72. The standard InChI is InChI=1S/C18H16ClF3N6/c1-2-28(12-6-4-3-5-7-12)17-14(23)16(25-10-26-17)27-15-13(19)8-11(9-24-15)18(20,21)22/h3-10H,2,23H2,1H3,(H,24,25,26,27). The van der Waals surface area contributed by atoms with Gasteiger partial charge in [0.1, 0.15) is 17.8 Å². The number of hydrogen-bond donors (Lipinski definition) is 2. The maximum atomic E-state index is 12.8. The number of nitrogens with two attached hydrogens (primary N) is 1. The van der Waals surface area contributed by atoms with E-state index in [2.05, 4.69) is 20.3 Å². The predicted octanol–water partition coefficient (Wildman–Crippen LogP) is 5.03. The smallest absolute Gasteiger partial charge is 0.393 e. The van der Waals surface area contributed by atoms with Gasteiger partial charge < -0.3 is 16.0 Å². The van der Waals surface area contributed by atoms with Crippen molar-refractivity contribution in [1.29, 1.82) is 0 Å². The molecule has 3 N–H and O–H groups in total. The number of para-hydroxylation sites is 1. The monoisotopic (exact) mass is 408 g/mol. The molecule has 0 spiro atoms. The molecule has 0 fully saturated rings. The number of anilines is 5. The van der Waals surface area contributed by atoms with Gasteiger partial charge in [0, 0.05) is 18.4 Å². The Kier molecular flexibility index (Phi) is 5.55. The zero-order chi connectivity index (χ0) is 20.3. The minimum Gasteiger partial charge on any atom is -0.393 e. The van der Waals surface area contributed by atoms with Crippen LogP contribution in [0.3, 0.4) is 0 Å². The van der Waals surface area contributed by atoms with E-state index in [9.17, 15) is 13.2 Å². The summed E-state index contributed by atoms with van der Waals surface area (Å²) in [6, 6.07) is 10.3. The first kappa shape index (κ1) is 19.7. The summed E-state index contributed by atoms with van der Waals surface area (Å²) in [6.45, 7) is 2.53. The van der Waals surface area contributed by atoms with Gasteiger partial charge in [0.15, 0.2) is 11.6 Å². The highest BCUT2D eigenvalue weighted by atomic mass is 35.5. The molecule has 0 aliphatic heterocycles. The van der Waals surface area contributed by atoms with Crippen LogP contribution in [0.2, 0.25) is 5.02 Å². The second-order valence-corrected chi connectivity index (χ2v) is 6.12. The summed E-state index contributed by atoms with van der Waals surface area (Å²) in [6.07, 6.45) is -2.54. The molecule has 0 bridgehead atoms. The number of alkyl halides is 3. The fraction of sp³-hybridized carbons (Fsp3) is 0.167. The highest BCUT2D eigenvalue weighted by Gasteiger charge is 2.31. The lowest BCUT2D eigenvalue weighted by Gasteiger charge is -2.24. The molecule has 0 aliphatic carbocycles. The van der Waals surface area contributed by atoms with E-state index >= 15 is 0 Å². The van der Waals surface area contributed by atoms with Crippen LogP contribution in [0.4, 0.5) is 42.0 Å². The lowest BCUT2D eigenvalue weighted by atomic mass is 10.2. The van der Waals surface area contributed by atoms with Crippen LogP contribution in [0.1, 0.15) is 12.5 Å². The van der Waals surface area contributed by atoms with E-state index in [1.165, 1.54) is 6.33 Å². The van der Waals surface area contributed by atoms with Crippen molar-refractivity contribution in [3.8, 4) is 0 Å². The Morgan fingerprint density at radius 1 is 1.11 bits per heavy atom. The van der Waals surface area contributed by atoms with Gasteiger partial charge in [0.25, 0.3) is 0 Å². The van der Waals surface area contributed by atoms with Gasteiger partial charge in [0.2, 0.25) is 0 Å². The van der Waals surface area contributed by atoms with Gasteiger partial charge in [-0.3, -0.25) is 0 Å². The fourth-order valence-corrected chi connectivity index (χ4v) is 2.77. The minimum atomic E-state index is -4.53. The van der Waals surface area contributed by atoms with E-state index in [1.54, 1.807) is 0 Å². The van der Waals surface area contributed by atoms with Crippen molar-refractivity contribution in [1.82, 2.24) is 15.0 Å². The number of halogens is 4. The average molecular weight is 409 g/mol. The zero-order valence-corrected chi connectivity index (χ0v) is 15.5. The third kappa shape index (κ3) is 4.09. The molecule has 3 rings (SSSR count). The van der Waals surface area contributed by atoms with Crippen molar-refractivity contribution in [2.24, 2.45) is 0 Å². The molecule has 0 saturated heterocycles. The van der Waals surface area contributed by atoms with Crippen LogP contribution in [0.15, 0.2) is 48.9 Å². The van der Waals surface area contributed by atoms with Crippen LogP contribution >= 0.6 is 11.6 Å². The first-order chi connectivity index (χ1) is 13.3. The molecule has 0 atom stereocenters. The van der Waals surface area contributed by atoms with Crippen molar-refractivity contribution in [2.75, 3.05) is 22.5 Å². The zero-order valence-electron chi connectivity index (χ0n) is 14.7. The molecule has 0 aliphatic rings. The number of benzene rings is 1. The predicted molar refractivity (Wildman–Crippen MR) is 103 cm³/mol. The van der Waals surface area contributed by atoms with Gasteiger partial charge in [-0.2, -0.15) is 13.2 Å². The third-order valence-corrected chi connectivity index (χ3v) is 4.20. The van der Waals surface area contributed by atoms with Crippen LogP contribution in [0.25, 0.3) is 0 Å². The van der Waals surface area contributed by atoms with Crippen LogP contribution in [-0.4, -0.2) is 21.5 Å². The third-order valence-electron chi connectivity index (χ3n) is 3.91. The number of nitrogen functional groups attached to an aromatic ring is 1. The lowest BCUT2D eigenvalue weighted by molar-refractivity contribution is -0.137. The topological polar surface area (TPSA) is 80.0 Å². The van der Waals surface area contributed by atoms with E-state index in [1.807, 2.05) is 42.2 Å². The summed E-state index contributed by atoms with van der Waals surface area (Å²) >= 11 is 5.94. The number of rotatable bonds is 5. The first-order valence-electron chi connectivity index (χ1n) is 8.24. The molecular formula is C18H16ClF3N6. The van der Waals surface area contributed by atoms with Gasteiger partial charge in [-0.15, -0.1) is 0 Å². The number of aromatic nitrogens is 3. The molecule has 0 unspecified atom stereocenters. The van der Waals surface area contributed by atoms with Crippen LogP contribution in [-0.2, 0) is 6.18 Å². The maximum absolute atomic E-state index is 12.8. The van der Waals surface area contributed by atoms with Crippen molar-refractivity contribution < 1.29 is 13.2 Å². The summed E-state index contributed by atoms with van der Waals surface area (Å²) < 4.78 is 38.3. The molecule has 2 heterocycles. The van der Waals surface area contributed by atoms with Crippen molar-refractivity contribution in [3.63, 3.8) is 0 Å². The summed E-state index contributed by atoms with van der Waals surface area (Å²) in [5.41, 5.74) is 6.37. The summed E-state index contributed by atoms with van der Waals surface area (Å²) in [5, 5.41) is 2.57. The fourth-order valence-electron chi connectivity index (χ4n) is 2.56. The Balaban J connectivity index is 1.94. The summed E-state index contributed by atoms with van der Waals surface area (Å²) in [5.74, 6) is 0.650. The normalized spacial score (nSPS) is 11.3. The Hall–Kier alpha value is -3.07. The SMILES string of the molecule is CCN(c1ccccc1)c1ncnc(Nc2ncc(C(F)(F)F)cc2Cl)c1N. The molecule has 0 saturated carbocycles. The van der Waals surface area contributed by atoms with E-state index in [4.69, 9.17) is 17.3 Å². The molecule has 2 aromatic heterocycles. The molecular weight excluding hydrogens is 393 g/mol. The first-order valence-corrected chi connectivity index (χ1v) is 8.62. The molecule has 0 amide bonds. The second kappa shape index (κ2) is 7.89. The van der Waals surface area contributed by atoms with Gasteiger partial charge in [-0.25, -0.2) is 15.0 Å². The number of nitrogens with one attached hydrogen (secondary N) is 1. The van der Waals surface area contributed by atoms with Gasteiger partial charge in [-0.05, 0) is 25.1 Å². The Labute approximate surface area is 164 Å². The van der Waals surface area contributed by atoms with Gasteiger partial charge in [0.05, 0.1) is 10.6 Å². The number of hydrogen-bond acceptors (Lipinski definition) is 6. The van der Waals surface area contributed by atoms with Gasteiger partial charge >= 0.3 is 6.18 Å². The minimum absolute atomic E-state index is 0.00813. The molecule has 146 valence electrons. The number of pyridine rings is 1. The summed E-state index contributed by atoms with van der Waals surface area (Å²) in [7, 11) is 0. The summed E-state index contributed by atoms with van der Waals surface area (Å²) in [4.78, 5) is 13.9. The molecule has 6 nitrogen and oxygen atoms in total. The molecule has 0 radical (unpaired) electrons. The van der Waals surface area contributed by atoms with E-state index in [0.717, 1.165) is 11.8 Å². The largest absolute Gasteiger partial charge is 0.417 e. The Bertz CT molecular complexity index is 965. The molecule has 3 aromatic rings. The van der Waals surface area contributed by atoms with E-state index in [0.29, 0.717) is 18.6 Å². The maximum Gasteiger partial charge on any atom is 0.417 e. The van der Waals surface area contributed by atoms with Gasteiger partial charge in [-0.1, -0.05) is 29.8 Å². The highest BCUT2D eigenvalue weighted by Crippen LogP contribution is 2.36. The quantitative estimate of drug-likeness (QED) is 0.616. The Morgan fingerprint density at radius 2 is 1.82 bits per heavy atom. The van der Waals surface area contributed by atoms with Crippen LogP contribution in [0, 0.1) is 0 Å². The van der Waals surface area contributed by atoms with Crippen LogP contribution in [0.5, 0.6) is 0 Å². The highest BCUT2D eigenvalue weighted by molar-refractivity contribution is 6.33. The molecule has 10 heteroatoms. The Morgan fingerprint density at radius 3 is 2.43 bits per heavy atom. The average Bonchev–Trinajstić information content (AvgIpc) is 2.66. The van der Waals surface area contributed by atoms with Crippen molar-refractivity contribution in [3.05, 3.63) is 59.5 Å². The van der Waals surface area contributed by atoms with Crippen molar-refractivity contribution >= 4 is 40.4 Å². The van der Waals surface area contributed by atoms with E-state index < -0.39 is 11.7 Å². The van der Waals surface area contributed by atoms with Crippen molar-refractivity contribution in [2.45, 2.75) is 13.1 Å².